The SMILES string of the molecule is COC(=O)CN(CC(=O)OC)c1ccc(N=Nc2nc3cc(Cl)c(Cl)cc3s2)c(NC(C)=O)c1. The Kier molecular flexibility index (Phi) is 8.37. The van der Waals surface area contributed by atoms with E-state index in [9.17, 15) is 14.4 Å². The molecule has 0 saturated carbocycles. The highest BCUT2D eigenvalue weighted by Gasteiger charge is 2.18. The lowest BCUT2D eigenvalue weighted by Gasteiger charge is -2.23. The average molecular weight is 524 g/mol. The second-order valence-corrected chi connectivity index (χ2v) is 8.64. The number of azo groups is 1. The van der Waals surface area contributed by atoms with E-state index in [2.05, 4.69) is 20.5 Å². The highest BCUT2D eigenvalue weighted by Crippen LogP contribution is 2.36. The largest absolute Gasteiger partial charge is 0.468 e. The van der Waals surface area contributed by atoms with E-state index in [-0.39, 0.29) is 19.0 Å². The molecule has 0 aliphatic carbocycles. The fraction of sp³-hybridized carbons (Fsp3) is 0.238. The van der Waals surface area contributed by atoms with E-state index in [0.29, 0.717) is 37.8 Å². The summed E-state index contributed by atoms with van der Waals surface area (Å²) in [6, 6.07) is 8.13. The van der Waals surface area contributed by atoms with E-state index in [0.717, 1.165) is 4.70 Å². The van der Waals surface area contributed by atoms with Gasteiger partial charge >= 0.3 is 11.9 Å². The number of rotatable bonds is 8. The molecule has 178 valence electrons. The molecule has 34 heavy (non-hydrogen) atoms. The molecular formula is C21H19Cl2N5O5S. The fourth-order valence-electron chi connectivity index (χ4n) is 2.83. The van der Waals surface area contributed by atoms with Crippen molar-refractivity contribution < 1.29 is 23.9 Å². The van der Waals surface area contributed by atoms with Crippen LogP contribution in [0.2, 0.25) is 10.0 Å². The van der Waals surface area contributed by atoms with E-state index in [4.69, 9.17) is 32.7 Å². The number of fused-ring (bicyclic) bond motifs is 1. The summed E-state index contributed by atoms with van der Waals surface area (Å²) in [7, 11) is 2.49. The number of esters is 2. The van der Waals surface area contributed by atoms with Crippen molar-refractivity contribution >= 4 is 84.8 Å². The third-order valence-corrected chi connectivity index (χ3v) is 6.04. The normalized spacial score (nSPS) is 11.0. The zero-order chi connectivity index (χ0) is 24.8. The highest BCUT2D eigenvalue weighted by molar-refractivity contribution is 7.22. The molecule has 0 spiro atoms. The van der Waals surface area contributed by atoms with Crippen LogP contribution in [0.3, 0.4) is 0 Å². The van der Waals surface area contributed by atoms with E-state index in [1.165, 1.54) is 37.4 Å². The van der Waals surface area contributed by atoms with Gasteiger partial charge in [0.05, 0.1) is 40.2 Å². The van der Waals surface area contributed by atoms with Gasteiger partial charge < -0.3 is 19.7 Å². The third-order valence-electron chi connectivity index (χ3n) is 4.41. The first-order valence-corrected chi connectivity index (χ1v) is 11.2. The van der Waals surface area contributed by atoms with Crippen LogP contribution < -0.4 is 10.2 Å². The van der Waals surface area contributed by atoms with Crippen LogP contribution in [0.25, 0.3) is 10.2 Å². The Morgan fingerprint density at radius 1 is 1.03 bits per heavy atom. The summed E-state index contributed by atoms with van der Waals surface area (Å²) in [5.41, 5.74) is 1.75. The van der Waals surface area contributed by atoms with E-state index in [1.807, 2.05) is 0 Å². The smallest absolute Gasteiger partial charge is 0.325 e. The van der Waals surface area contributed by atoms with Crippen LogP contribution in [0.5, 0.6) is 0 Å². The predicted octanol–water partition coefficient (Wildman–Crippen LogP) is 5.13. The fourth-order valence-corrected chi connectivity index (χ4v) is 4.02. The number of nitrogens with one attached hydrogen (secondary N) is 1. The monoisotopic (exact) mass is 523 g/mol. The van der Waals surface area contributed by atoms with Gasteiger partial charge in [-0.05, 0) is 30.3 Å². The van der Waals surface area contributed by atoms with Crippen molar-refractivity contribution in [2.75, 3.05) is 37.5 Å². The molecule has 0 unspecified atom stereocenters. The number of methoxy groups -OCH3 is 2. The number of carbonyl (C=O) groups excluding carboxylic acids is 3. The molecular weight excluding hydrogens is 505 g/mol. The molecule has 10 nitrogen and oxygen atoms in total. The Hall–Kier alpha value is -3.28. The van der Waals surface area contributed by atoms with Gasteiger partial charge in [0.1, 0.15) is 18.8 Å². The summed E-state index contributed by atoms with van der Waals surface area (Å²) in [4.78, 5) is 41.2. The van der Waals surface area contributed by atoms with Crippen molar-refractivity contribution in [1.29, 1.82) is 0 Å². The molecule has 1 N–H and O–H groups in total. The number of thiazole rings is 1. The highest BCUT2D eigenvalue weighted by atomic mass is 35.5. The second-order valence-electron chi connectivity index (χ2n) is 6.82. The minimum atomic E-state index is -0.551. The molecule has 1 aromatic heterocycles. The Labute approximate surface area is 208 Å². The first-order valence-electron chi connectivity index (χ1n) is 9.67. The maximum Gasteiger partial charge on any atom is 0.325 e. The van der Waals surface area contributed by atoms with Crippen molar-refractivity contribution in [3.05, 3.63) is 40.4 Å². The number of carbonyl (C=O) groups is 3. The molecule has 13 heteroatoms. The maximum absolute atomic E-state index is 11.8. The second kappa shape index (κ2) is 11.2. The van der Waals surface area contributed by atoms with Gasteiger partial charge in [0.25, 0.3) is 0 Å². The zero-order valence-corrected chi connectivity index (χ0v) is 20.6. The third kappa shape index (κ3) is 6.40. The number of benzene rings is 2. The summed E-state index contributed by atoms with van der Waals surface area (Å²) in [5.74, 6) is -1.44. The molecule has 1 amide bonds. The predicted molar refractivity (Wildman–Crippen MR) is 131 cm³/mol. The number of aromatic nitrogens is 1. The molecule has 1 heterocycles. The van der Waals surface area contributed by atoms with Crippen LogP contribution in [-0.2, 0) is 23.9 Å². The summed E-state index contributed by atoms with van der Waals surface area (Å²) < 4.78 is 10.2. The van der Waals surface area contributed by atoms with Crippen LogP contribution in [0.15, 0.2) is 40.6 Å². The minimum Gasteiger partial charge on any atom is -0.468 e. The number of halogens is 2. The van der Waals surface area contributed by atoms with Gasteiger partial charge in [-0.2, -0.15) is 0 Å². The van der Waals surface area contributed by atoms with Crippen molar-refractivity contribution in [3.8, 4) is 0 Å². The lowest BCUT2D eigenvalue weighted by molar-refractivity contribution is -0.140. The van der Waals surface area contributed by atoms with Crippen LogP contribution in [0.4, 0.5) is 22.2 Å². The van der Waals surface area contributed by atoms with Gasteiger partial charge in [-0.1, -0.05) is 34.5 Å². The summed E-state index contributed by atoms with van der Waals surface area (Å²) in [5, 5.41) is 12.2. The summed E-state index contributed by atoms with van der Waals surface area (Å²) in [6.07, 6.45) is 0. The molecule has 3 aromatic rings. The van der Waals surface area contributed by atoms with Gasteiger partial charge in [0, 0.05) is 12.6 Å². The van der Waals surface area contributed by atoms with Crippen LogP contribution >= 0.6 is 34.5 Å². The average Bonchev–Trinajstić information content (AvgIpc) is 3.18. The van der Waals surface area contributed by atoms with E-state index >= 15 is 0 Å². The number of anilines is 2. The molecule has 0 fully saturated rings. The molecule has 2 aromatic carbocycles. The van der Waals surface area contributed by atoms with Crippen LogP contribution in [0.1, 0.15) is 6.92 Å². The van der Waals surface area contributed by atoms with Crippen molar-refractivity contribution in [3.63, 3.8) is 0 Å². The topological polar surface area (TPSA) is 123 Å². The van der Waals surface area contributed by atoms with Crippen LogP contribution in [-0.4, -0.2) is 50.1 Å². The first kappa shape index (κ1) is 25.3. The van der Waals surface area contributed by atoms with Crippen LogP contribution in [0, 0.1) is 0 Å². The van der Waals surface area contributed by atoms with Gasteiger partial charge in [-0.25, -0.2) is 4.98 Å². The summed E-state index contributed by atoms with van der Waals surface area (Å²) >= 11 is 13.4. The van der Waals surface area contributed by atoms with Gasteiger partial charge in [-0.3, -0.25) is 14.4 Å². The molecule has 0 radical (unpaired) electrons. The quantitative estimate of drug-likeness (QED) is 0.320. The molecule has 3 rings (SSSR count). The van der Waals surface area contributed by atoms with Gasteiger partial charge in [-0.15, -0.1) is 10.2 Å². The van der Waals surface area contributed by atoms with Gasteiger partial charge in [0.15, 0.2) is 0 Å². The zero-order valence-electron chi connectivity index (χ0n) is 18.3. The molecule has 0 bridgehead atoms. The van der Waals surface area contributed by atoms with E-state index < -0.39 is 11.9 Å². The van der Waals surface area contributed by atoms with Crippen molar-refractivity contribution in [2.24, 2.45) is 10.2 Å². The lowest BCUT2D eigenvalue weighted by atomic mass is 10.2. The number of hydrogen-bond acceptors (Lipinski definition) is 10. The molecule has 0 saturated heterocycles. The summed E-state index contributed by atoms with van der Waals surface area (Å²) in [6.45, 7) is 0.931. The Balaban J connectivity index is 1.95. The number of ether oxygens (including phenoxy) is 2. The Morgan fingerprint density at radius 2 is 1.68 bits per heavy atom. The molecule has 0 atom stereocenters. The number of amides is 1. The lowest BCUT2D eigenvalue weighted by Crippen LogP contribution is -2.35. The standard InChI is InChI=1S/C21H19Cl2N5O5S/c1-11(29)24-16-6-12(28(9-19(30)32-2)10-20(31)33-3)4-5-15(16)26-27-21-25-17-7-13(22)14(23)8-18(17)34-21/h4-8H,9-10H2,1-3H3,(H,24,29). The number of hydrogen-bond donors (Lipinski definition) is 1. The van der Waals surface area contributed by atoms with E-state index in [1.54, 1.807) is 30.3 Å². The number of nitrogens with zero attached hydrogens (tertiary/aromatic N) is 4. The molecule has 0 aliphatic heterocycles. The Morgan fingerprint density at radius 3 is 2.29 bits per heavy atom. The van der Waals surface area contributed by atoms with Gasteiger partial charge in [0.2, 0.25) is 11.0 Å². The molecule has 0 aliphatic rings. The first-order chi connectivity index (χ1) is 16.2. The maximum atomic E-state index is 11.8. The van der Waals surface area contributed by atoms with Crippen molar-refractivity contribution in [1.82, 2.24) is 4.98 Å². The van der Waals surface area contributed by atoms with Crippen molar-refractivity contribution in [2.45, 2.75) is 6.92 Å². The minimum absolute atomic E-state index is 0.206. The Bertz CT molecular complexity index is 1220.